The van der Waals surface area contributed by atoms with E-state index in [0.717, 1.165) is 5.52 Å². The number of nitrogens with zero attached hydrogens (tertiary/aromatic N) is 2. The average molecular weight is 225 g/mol. The molecule has 1 saturated carbocycles. The zero-order valence-electron chi connectivity index (χ0n) is 9.95. The first-order chi connectivity index (χ1) is 8.24. The summed E-state index contributed by atoms with van der Waals surface area (Å²) in [4.78, 5) is 4.47. The normalized spacial score (nSPS) is 37.0. The summed E-state index contributed by atoms with van der Waals surface area (Å²) < 4.78 is 2.14. The van der Waals surface area contributed by atoms with E-state index >= 15 is 0 Å². The lowest BCUT2D eigenvalue weighted by Gasteiger charge is -2.14. The Bertz CT molecular complexity index is 667. The van der Waals surface area contributed by atoms with Crippen molar-refractivity contribution in [2.45, 2.75) is 18.3 Å². The third-order valence-electron chi connectivity index (χ3n) is 5.42. The second-order valence-electron chi connectivity index (χ2n) is 6.17. The largest absolute Gasteiger partial charge is 0.334 e. The van der Waals surface area contributed by atoms with E-state index in [1.165, 1.54) is 31.4 Å². The number of imidazole rings is 1. The van der Waals surface area contributed by atoms with Crippen molar-refractivity contribution in [1.82, 2.24) is 14.9 Å². The van der Waals surface area contributed by atoms with Gasteiger partial charge in [0.2, 0.25) is 0 Å². The van der Waals surface area contributed by atoms with Crippen molar-refractivity contribution < 1.29 is 0 Å². The Morgan fingerprint density at radius 3 is 3.24 bits per heavy atom. The second kappa shape index (κ2) is 2.27. The Balaban J connectivity index is 1.85. The van der Waals surface area contributed by atoms with Crippen LogP contribution >= 0.6 is 0 Å². The van der Waals surface area contributed by atoms with Crippen LogP contribution in [-0.4, -0.2) is 22.6 Å². The molecule has 1 aromatic heterocycles. The summed E-state index contributed by atoms with van der Waals surface area (Å²) >= 11 is 0. The van der Waals surface area contributed by atoms with Crippen LogP contribution in [0.1, 0.15) is 17.5 Å². The predicted molar refractivity (Wildman–Crippen MR) is 66.0 cm³/mol. The molecule has 17 heavy (non-hydrogen) atoms. The average Bonchev–Trinajstić information content (AvgIpc) is 2.60. The van der Waals surface area contributed by atoms with E-state index in [0.29, 0.717) is 10.8 Å². The third-order valence-corrected chi connectivity index (χ3v) is 5.42. The molecule has 3 nitrogen and oxygen atoms in total. The highest BCUT2D eigenvalue weighted by atomic mass is 15.0. The molecular formula is C14H15N3. The molecule has 0 spiro atoms. The highest BCUT2D eigenvalue weighted by Gasteiger charge is 2.73. The van der Waals surface area contributed by atoms with E-state index in [4.69, 9.17) is 0 Å². The topological polar surface area (TPSA) is 29.9 Å². The van der Waals surface area contributed by atoms with Crippen molar-refractivity contribution >= 4 is 11.0 Å². The van der Waals surface area contributed by atoms with Crippen LogP contribution in [0.25, 0.3) is 11.0 Å². The fourth-order valence-corrected chi connectivity index (χ4v) is 4.47. The van der Waals surface area contributed by atoms with Crippen molar-refractivity contribution in [3.8, 4) is 0 Å². The molecule has 3 aliphatic rings. The highest BCUT2D eigenvalue weighted by Crippen LogP contribution is 2.73. The quantitative estimate of drug-likeness (QED) is 0.733. The standard InChI is InChI=1S/C14H15N3/c1-17-8-16-11-2-9-4-13-5-14(13,7-15-6-13)10(9)3-12(11)17/h2-3,8,15H,4-7H2,1H3. The van der Waals surface area contributed by atoms with E-state index in [1.807, 2.05) is 6.33 Å². The molecular weight excluding hydrogens is 210 g/mol. The molecule has 0 radical (unpaired) electrons. The van der Waals surface area contributed by atoms with Gasteiger partial charge in [-0.05, 0) is 41.5 Å². The van der Waals surface area contributed by atoms with Gasteiger partial charge >= 0.3 is 0 Å². The Kier molecular flexibility index (Phi) is 1.16. The molecule has 0 bridgehead atoms. The van der Waals surface area contributed by atoms with Gasteiger partial charge in [0.1, 0.15) is 0 Å². The first kappa shape index (κ1) is 8.70. The number of benzene rings is 1. The fraction of sp³-hybridized carbons (Fsp3) is 0.500. The van der Waals surface area contributed by atoms with Crippen LogP contribution in [0, 0.1) is 5.41 Å². The Hall–Kier alpha value is -1.35. The van der Waals surface area contributed by atoms with Crippen molar-refractivity contribution in [3.63, 3.8) is 0 Å². The maximum atomic E-state index is 4.47. The van der Waals surface area contributed by atoms with Gasteiger partial charge in [-0.2, -0.15) is 0 Å². The van der Waals surface area contributed by atoms with Crippen molar-refractivity contribution in [2.75, 3.05) is 13.1 Å². The van der Waals surface area contributed by atoms with Crippen molar-refractivity contribution in [1.29, 1.82) is 0 Å². The molecule has 0 amide bonds. The molecule has 1 saturated heterocycles. The van der Waals surface area contributed by atoms with Gasteiger partial charge in [-0.15, -0.1) is 0 Å². The molecule has 2 aliphatic carbocycles. The number of hydrogen-bond donors (Lipinski definition) is 1. The molecule has 3 heteroatoms. The van der Waals surface area contributed by atoms with Crippen LogP contribution in [-0.2, 0) is 18.9 Å². The van der Waals surface area contributed by atoms with E-state index in [9.17, 15) is 0 Å². The minimum absolute atomic E-state index is 0.487. The number of hydrogen-bond acceptors (Lipinski definition) is 2. The lowest BCUT2D eigenvalue weighted by Crippen LogP contribution is -2.21. The molecule has 2 fully saturated rings. The molecule has 2 heterocycles. The lowest BCUT2D eigenvalue weighted by atomic mass is 9.95. The number of rotatable bonds is 0. The first-order valence-electron chi connectivity index (χ1n) is 6.39. The highest BCUT2D eigenvalue weighted by molar-refractivity contribution is 5.79. The van der Waals surface area contributed by atoms with Gasteiger partial charge in [0.05, 0.1) is 17.4 Å². The maximum absolute atomic E-state index is 4.47. The van der Waals surface area contributed by atoms with Gasteiger partial charge in [0.25, 0.3) is 0 Å². The molecule has 2 unspecified atom stereocenters. The van der Waals surface area contributed by atoms with Crippen LogP contribution in [0.15, 0.2) is 18.5 Å². The Labute approximate surface area is 99.8 Å². The lowest BCUT2D eigenvalue weighted by molar-refractivity contribution is 0.522. The zero-order chi connectivity index (χ0) is 11.3. The van der Waals surface area contributed by atoms with E-state index in [2.05, 4.69) is 34.0 Å². The van der Waals surface area contributed by atoms with Gasteiger partial charge in [-0.25, -0.2) is 4.98 Å². The van der Waals surface area contributed by atoms with E-state index in [1.54, 1.807) is 11.1 Å². The third kappa shape index (κ3) is 0.757. The minimum Gasteiger partial charge on any atom is -0.334 e. The summed E-state index contributed by atoms with van der Waals surface area (Å²) in [6.07, 6.45) is 4.59. The number of nitrogens with one attached hydrogen (secondary N) is 1. The number of aromatic nitrogens is 2. The summed E-state index contributed by atoms with van der Waals surface area (Å²) in [6.45, 7) is 2.40. The van der Waals surface area contributed by atoms with Crippen LogP contribution in [0.3, 0.4) is 0 Å². The summed E-state index contributed by atoms with van der Waals surface area (Å²) in [7, 11) is 2.08. The number of fused-ring (bicyclic) bond motifs is 2. The fourth-order valence-electron chi connectivity index (χ4n) is 4.47. The molecule has 5 rings (SSSR count). The Morgan fingerprint density at radius 1 is 1.35 bits per heavy atom. The number of piperidine rings is 1. The van der Waals surface area contributed by atoms with Gasteiger partial charge in [0, 0.05) is 25.6 Å². The molecule has 1 N–H and O–H groups in total. The molecule has 86 valence electrons. The monoisotopic (exact) mass is 225 g/mol. The van der Waals surface area contributed by atoms with Crippen LogP contribution in [0.5, 0.6) is 0 Å². The first-order valence-corrected chi connectivity index (χ1v) is 6.39. The zero-order valence-corrected chi connectivity index (χ0v) is 9.95. The number of aryl methyl sites for hydroxylation is 1. The smallest absolute Gasteiger partial charge is 0.0955 e. The van der Waals surface area contributed by atoms with Gasteiger partial charge in [-0.1, -0.05) is 0 Å². The molecule has 2 atom stereocenters. The molecule has 1 aromatic carbocycles. The van der Waals surface area contributed by atoms with Crippen LogP contribution in [0.2, 0.25) is 0 Å². The predicted octanol–water partition coefficient (Wildman–Crippen LogP) is 1.36. The second-order valence-corrected chi connectivity index (χ2v) is 6.17. The molecule has 2 aromatic rings. The van der Waals surface area contributed by atoms with Gasteiger partial charge in [-0.3, -0.25) is 0 Å². The maximum Gasteiger partial charge on any atom is 0.0955 e. The molecule has 1 aliphatic heterocycles. The SMILES string of the molecule is Cn1cnc2cc3c(cc21)C12CNCC1(C3)C2. The summed E-state index contributed by atoms with van der Waals surface area (Å²) in [6, 6.07) is 4.73. The van der Waals surface area contributed by atoms with Crippen LogP contribution < -0.4 is 5.32 Å². The van der Waals surface area contributed by atoms with Gasteiger partial charge < -0.3 is 9.88 Å². The van der Waals surface area contributed by atoms with Gasteiger partial charge in [0.15, 0.2) is 0 Å². The van der Waals surface area contributed by atoms with Crippen molar-refractivity contribution in [3.05, 3.63) is 29.6 Å². The van der Waals surface area contributed by atoms with Crippen LogP contribution in [0.4, 0.5) is 0 Å². The summed E-state index contributed by atoms with van der Waals surface area (Å²) in [5, 5.41) is 3.58. The summed E-state index contributed by atoms with van der Waals surface area (Å²) in [5.74, 6) is 0. The van der Waals surface area contributed by atoms with E-state index < -0.39 is 0 Å². The van der Waals surface area contributed by atoms with E-state index in [-0.39, 0.29) is 0 Å². The van der Waals surface area contributed by atoms with Crippen molar-refractivity contribution in [2.24, 2.45) is 12.5 Å². The minimum atomic E-state index is 0.487. The summed E-state index contributed by atoms with van der Waals surface area (Å²) in [5.41, 5.74) is 6.68. The Morgan fingerprint density at radius 2 is 2.29 bits per heavy atom.